The van der Waals surface area contributed by atoms with Gasteiger partial charge in [0.25, 0.3) is 0 Å². The Morgan fingerprint density at radius 3 is 1.33 bits per heavy atom. The van der Waals surface area contributed by atoms with Gasteiger partial charge in [0.15, 0.2) is 0 Å². The lowest BCUT2D eigenvalue weighted by Gasteiger charge is -2.12. The SMILES string of the molecule is CNC[C@H](C)CNCCCCCCCNC[C@@H](C)CNC. The van der Waals surface area contributed by atoms with E-state index in [1.165, 1.54) is 45.2 Å². The molecule has 4 nitrogen and oxygen atoms in total. The molecule has 0 fully saturated rings. The van der Waals surface area contributed by atoms with E-state index >= 15 is 0 Å². The lowest BCUT2D eigenvalue weighted by molar-refractivity contribution is 0.471. The van der Waals surface area contributed by atoms with Crippen molar-refractivity contribution in [2.75, 3.05) is 53.4 Å². The van der Waals surface area contributed by atoms with Crippen molar-refractivity contribution in [3.63, 3.8) is 0 Å². The van der Waals surface area contributed by atoms with Crippen molar-refractivity contribution in [3.05, 3.63) is 0 Å². The van der Waals surface area contributed by atoms with Gasteiger partial charge >= 0.3 is 0 Å². The van der Waals surface area contributed by atoms with Crippen molar-refractivity contribution in [3.8, 4) is 0 Å². The zero-order valence-corrected chi connectivity index (χ0v) is 14.9. The molecule has 0 saturated heterocycles. The fourth-order valence-corrected chi connectivity index (χ4v) is 2.57. The molecule has 0 heterocycles. The molecule has 0 aromatic carbocycles. The van der Waals surface area contributed by atoms with E-state index in [0.717, 1.165) is 38.0 Å². The molecule has 0 unspecified atom stereocenters. The second-order valence-electron chi connectivity index (χ2n) is 6.50. The highest BCUT2D eigenvalue weighted by molar-refractivity contribution is 4.60. The lowest BCUT2D eigenvalue weighted by atomic mass is 10.1. The molecule has 0 aliphatic rings. The Kier molecular flexibility index (Phi) is 16.1. The average Bonchev–Trinajstić information content (AvgIpc) is 2.45. The van der Waals surface area contributed by atoms with Crippen molar-refractivity contribution < 1.29 is 0 Å². The fourth-order valence-electron chi connectivity index (χ4n) is 2.57. The summed E-state index contributed by atoms with van der Waals surface area (Å²) >= 11 is 0. The van der Waals surface area contributed by atoms with Gasteiger partial charge in [-0.1, -0.05) is 33.1 Å². The van der Waals surface area contributed by atoms with Crippen LogP contribution in [0.4, 0.5) is 0 Å². The maximum absolute atomic E-state index is 3.55. The lowest BCUT2D eigenvalue weighted by Crippen LogP contribution is -2.28. The third-order valence-electron chi connectivity index (χ3n) is 3.80. The van der Waals surface area contributed by atoms with E-state index in [-0.39, 0.29) is 0 Å². The van der Waals surface area contributed by atoms with Crippen LogP contribution in [0.1, 0.15) is 46.0 Å². The number of hydrogen-bond acceptors (Lipinski definition) is 4. The minimum atomic E-state index is 0.728. The predicted octanol–water partition coefficient (Wildman–Crippen LogP) is 1.83. The molecular weight excluding hydrogens is 260 g/mol. The van der Waals surface area contributed by atoms with Gasteiger partial charge in [-0.25, -0.2) is 0 Å². The van der Waals surface area contributed by atoms with Crippen LogP contribution < -0.4 is 21.3 Å². The van der Waals surface area contributed by atoms with Crippen LogP contribution in [0.25, 0.3) is 0 Å². The van der Waals surface area contributed by atoms with Crippen molar-refractivity contribution in [1.82, 2.24) is 21.3 Å². The minimum absolute atomic E-state index is 0.728. The van der Waals surface area contributed by atoms with Crippen molar-refractivity contribution in [1.29, 1.82) is 0 Å². The molecule has 4 heteroatoms. The topological polar surface area (TPSA) is 48.1 Å². The van der Waals surface area contributed by atoms with Gasteiger partial charge in [-0.2, -0.15) is 0 Å². The van der Waals surface area contributed by atoms with Gasteiger partial charge in [-0.3, -0.25) is 0 Å². The second kappa shape index (κ2) is 16.2. The van der Waals surface area contributed by atoms with Gasteiger partial charge in [0.2, 0.25) is 0 Å². The molecule has 0 bridgehead atoms. The van der Waals surface area contributed by atoms with E-state index in [1.807, 2.05) is 14.1 Å². The minimum Gasteiger partial charge on any atom is -0.319 e. The van der Waals surface area contributed by atoms with Gasteiger partial charge < -0.3 is 21.3 Å². The van der Waals surface area contributed by atoms with Gasteiger partial charge in [-0.05, 0) is 78.0 Å². The van der Waals surface area contributed by atoms with Crippen LogP contribution in [0, 0.1) is 11.8 Å². The van der Waals surface area contributed by atoms with Gasteiger partial charge in [0.05, 0.1) is 0 Å². The maximum Gasteiger partial charge on any atom is -0.00110 e. The first kappa shape index (κ1) is 20.8. The highest BCUT2D eigenvalue weighted by Crippen LogP contribution is 2.02. The number of rotatable bonds is 16. The molecule has 0 rings (SSSR count). The Morgan fingerprint density at radius 1 is 0.571 bits per heavy atom. The summed E-state index contributed by atoms with van der Waals surface area (Å²) in [6, 6.07) is 0. The summed E-state index contributed by atoms with van der Waals surface area (Å²) in [4.78, 5) is 0. The molecule has 0 amide bonds. The summed E-state index contributed by atoms with van der Waals surface area (Å²) < 4.78 is 0. The third-order valence-corrected chi connectivity index (χ3v) is 3.80. The summed E-state index contributed by atoms with van der Waals surface area (Å²) in [5, 5.41) is 13.5. The normalized spacial score (nSPS) is 14.3. The van der Waals surface area contributed by atoms with Crippen LogP contribution in [0.2, 0.25) is 0 Å². The molecule has 0 saturated carbocycles. The molecule has 2 atom stereocenters. The van der Waals surface area contributed by atoms with E-state index < -0.39 is 0 Å². The molecule has 0 aliphatic heterocycles. The van der Waals surface area contributed by atoms with Crippen LogP contribution in [-0.2, 0) is 0 Å². The largest absolute Gasteiger partial charge is 0.319 e. The molecule has 0 aromatic heterocycles. The molecule has 0 radical (unpaired) electrons. The monoisotopic (exact) mass is 300 g/mol. The Labute approximate surface area is 133 Å². The summed E-state index contributed by atoms with van der Waals surface area (Å²) in [7, 11) is 4.04. The first-order valence-electron chi connectivity index (χ1n) is 8.91. The Bertz CT molecular complexity index is 179. The molecule has 21 heavy (non-hydrogen) atoms. The number of nitrogens with one attached hydrogen (secondary N) is 4. The van der Waals surface area contributed by atoms with Crippen LogP contribution >= 0.6 is 0 Å². The van der Waals surface area contributed by atoms with Crippen LogP contribution in [0.3, 0.4) is 0 Å². The number of hydrogen-bond donors (Lipinski definition) is 4. The molecule has 128 valence electrons. The Hall–Kier alpha value is -0.160. The summed E-state index contributed by atoms with van der Waals surface area (Å²) in [6.45, 7) is 11.4. The molecule has 4 N–H and O–H groups in total. The highest BCUT2D eigenvalue weighted by Gasteiger charge is 2.00. The maximum atomic E-state index is 3.55. The molecule has 0 aromatic rings. The summed E-state index contributed by atoms with van der Waals surface area (Å²) in [5.74, 6) is 1.46. The van der Waals surface area contributed by atoms with Gasteiger partial charge in [-0.15, -0.1) is 0 Å². The Balaban J connectivity index is 3.09. The van der Waals surface area contributed by atoms with Crippen LogP contribution in [-0.4, -0.2) is 53.4 Å². The van der Waals surface area contributed by atoms with Crippen molar-refractivity contribution >= 4 is 0 Å². The average molecular weight is 301 g/mol. The van der Waals surface area contributed by atoms with Gasteiger partial charge in [0.1, 0.15) is 0 Å². The first-order valence-corrected chi connectivity index (χ1v) is 8.91. The highest BCUT2D eigenvalue weighted by atomic mass is 14.9. The summed E-state index contributed by atoms with van der Waals surface area (Å²) in [5.41, 5.74) is 0. The molecular formula is C17H40N4. The first-order chi connectivity index (χ1) is 10.2. The molecule has 0 spiro atoms. The zero-order valence-electron chi connectivity index (χ0n) is 14.9. The van der Waals surface area contributed by atoms with Crippen molar-refractivity contribution in [2.45, 2.75) is 46.0 Å². The van der Waals surface area contributed by atoms with E-state index in [9.17, 15) is 0 Å². The van der Waals surface area contributed by atoms with E-state index in [4.69, 9.17) is 0 Å². The third kappa shape index (κ3) is 16.0. The number of unbranched alkanes of at least 4 members (excludes halogenated alkanes) is 4. The summed E-state index contributed by atoms with van der Waals surface area (Å²) in [6.07, 6.45) is 6.74. The van der Waals surface area contributed by atoms with Gasteiger partial charge in [0, 0.05) is 0 Å². The van der Waals surface area contributed by atoms with Crippen LogP contribution in [0.15, 0.2) is 0 Å². The standard InChI is InChI=1S/C17H40N4/c1-16(12-18-3)14-20-10-8-6-5-7-9-11-21-15-17(2)13-19-4/h16-21H,5-15H2,1-4H3/t16-,17-/m0/s1. The second-order valence-corrected chi connectivity index (χ2v) is 6.50. The van der Waals surface area contributed by atoms with Crippen LogP contribution in [0.5, 0.6) is 0 Å². The quantitative estimate of drug-likeness (QED) is 0.329. The van der Waals surface area contributed by atoms with Crippen molar-refractivity contribution in [2.24, 2.45) is 11.8 Å². The van der Waals surface area contributed by atoms with E-state index in [2.05, 4.69) is 35.1 Å². The van der Waals surface area contributed by atoms with E-state index in [1.54, 1.807) is 0 Å². The molecule has 0 aliphatic carbocycles. The zero-order chi connectivity index (χ0) is 15.8. The predicted molar refractivity (Wildman–Crippen MR) is 95.0 cm³/mol. The fraction of sp³-hybridized carbons (Fsp3) is 1.00. The van der Waals surface area contributed by atoms with E-state index in [0.29, 0.717) is 0 Å². The smallest absolute Gasteiger partial charge is 0.00110 e. The Morgan fingerprint density at radius 2 is 0.952 bits per heavy atom.